The van der Waals surface area contributed by atoms with Gasteiger partial charge in [-0.15, -0.1) is 0 Å². The van der Waals surface area contributed by atoms with Crippen molar-refractivity contribution >= 4 is 17.5 Å². The van der Waals surface area contributed by atoms with Gasteiger partial charge in [-0.3, -0.25) is 4.90 Å². The summed E-state index contributed by atoms with van der Waals surface area (Å²) in [5.74, 6) is 0. The highest BCUT2D eigenvalue weighted by Crippen LogP contribution is 2.22. The van der Waals surface area contributed by atoms with E-state index in [0.717, 1.165) is 30.9 Å². The number of amides is 1. The first-order valence-electron chi connectivity index (χ1n) is 6.49. The van der Waals surface area contributed by atoms with Crippen LogP contribution in [0.2, 0.25) is 0 Å². The van der Waals surface area contributed by atoms with E-state index in [2.05, 4.69) is 18.7 Å². The van der Waals surface area contributed by atoms with Gasteiger partial charge in [-0.25, -0.2) is 4.79 Å². The Balaban J connectivity index is 3.02. The summed E-state index contributed by atoms with van der Waals surface area (Å²) in [5, 5.41) is 9.21. The zero-order chi connectivity index (χ0) is 13.5. The molecule has 0 aliphatic carbocycles. The van der Waals surface area contributed by atoms with Gasteiger partial charge >= 0.3 is 6.09 Å². The summed E-state index contributed by atoms with van der Waals surface area (Å²) >= 11 is 0. The summed E-state index contributed by atoms with van der Waals surface area (Å²) in [4.78, 5) is 14.8. The SMILES string of the molecule is CCCN(C(=O)O)c1cccc(N(CC)CC)c1. The summed E-state index contributed by atoms with van der Waals surface area (Å²) in [5.41, 5.74) is 1.81. The zero-order valence-corrected chi connectivity index (χ0v) is 11.4. The Hall–Kier alpha value is -1.71. The van der Waals surface area contributed by atoms with Crippen LogP contribution in [-0.4, -0.2) is 30.8 Å². The molecule has 1 aromatic carbocycles. The van der Waals surface area contributed by atoms with Crippen LogP contribution in [0.3, 0.4) is 0 Å². The van der Waals surface area contributed by atoms with Gasteiger partial charge in [-0.05, 0) is 38.5 Å². The van der Waals surface area contributed by atoms with Crippen molar-refractivity contribution in [2.24, 2.45) is 0 Å². The predicted molar refractivity (Wildman–Crippen MR) is 75.7 cm³/mol. The summed E-state index contributed by atoms with van der Waals surface area (Å²) in [7, 11) is 0. The van der Waals surface area contributed by atoms with E-state index >= 15 is 0 Å². The minimum absolute atomic E-state index is 0.525. The van der Waals surface area contributed by atoms with E-state index in [4.69, 9.17) is 0 Å². The van der Waals surface area contributed by atoms with Gasteiger partial charge in [0.1, 0.15) is 0 Å². The fourth-order valence-electron chi connectivity index (χ4n) is 2.01. The molecular weight excluding hydrogens is 228 g/mol. The number of rotatable bonds is 6. The maximum atomic E-state index is 11.2. The normalized spacial score (nSPS) is 10.2. The van der Waals surface area contributed by atoms with Crippen molar-refractivity contribution in [1.29, 1.82) is 0 Å². The number of hydrogen-bond donors (Lipinski definition) is 1. The maximum absolute atomic E-state index is 11.2. The number of benzene rings is 1. The van der Waals surface area contributed by atoms with Crippen LogP contribution in [0.5, 0.6) is 0 Å². The Morgan fingerprint density at radius 2 is 1.78 bits per heavy atom. The largest absolute Gasteiger partial charge is 0.465 e. The lowest BCUT2D eigenvalue weighted by Gasteiger charge is -2.24. The maximum Gasteiger partial charge on any atom is 0.411 e. The number of nitrogens with zero attached hydrogens (tertiary/aromatic N) is 2. The molecule has 0 heterocycles. The molecule has 0 aliphatic rings. The molecule has 4 heteroatoms. The van der Waals surface area contributed by atoms with E-state index in [1.54, 1.807) is 0 Å². The lowest BCUT2D eigenvalue weighted by molar-refractivity contribution is 0.202. The van der Waals surface area contributed by atoms with Crippen molar-refractivity contribution in [3.8, 4) is 0 Å². The van der Waals surface area contributed by atoms with Gasteiger partial charge in [0.2, 0.25) is 0 Å². The van der Waals surface area contributed by atoms with Crippen LogP contribution in [0.15, 0.2) is 24.3 Å². The molecule has 0 spiro atoms. The third-order valence-corrected chi connectivity index (χ3v) is 2.95. The van der Waals surface area contributed by atoms with E-state index < -0.39 is 6.09 Å². The van der Waals surface area contributed by atoms with E-state index in [-0.39, 0.29) is 0 Å². The van der Waals surface area contributed by atoms with Gasteiger partial charge in [0.15, 0.2) is 0 Å². The van der Waals surface area contributed by atoms with Crippen molar-refractivity contribution in [3.63, 3.8) is 0 Å². The standard InChI is InChI=1S/C14H22N2O2/c1-4-10-16(14(17)18)13-9-7-8-12(11-13)15(5-2)6-3/h7-9,11H,4-6,10H2,1-3H3,(H,17,18). The third-order valence-electron chi connectivity index (χ3n) is 2.95. The van der Waals surface area contributed by atoms with Gasteiger partial charge in [0.25, 0.3) is 0 Å². The Kier molecular flexibility index (Phi) is 5.49. The van der Waals surface area contributed by atoms with Crippen LogP contribution >= 0.6 is 0 Å². The number of anilines is 2. The molecule has 0 aliphatic heterocycles. The van der Waals surface area contributed by atoms with Gasteiger partial charge in [0.05, 0.1) is 0 Å². The second kappa shape index (κ2) is 6.89. The van der Waals surface area contributed by atoms with Crippen LogP contribution in [0.4, 0.5) is 16.2 Å². The molecule has 18 heavy (non-hydrogen) atoms. The smallest absolute Gasteiger partial charge is 0.411 e. The van der Waals surface area contributed by atoms with Gasteiger partial charge < -0.3 is 10.0 Å². The fourth-order valence-corrected chi connectivity index (χ4v) is 2.01. The highest BCUT2D eigenvalue weighted by Gasteiger charge is 2.14. The average Bonchev–Trinajstić information content (AvgIpc) is 2.37. The molecule has 1 aromatic rings. The first-order valence-corrected chi connectivity index (χ1v) is 6.49. The van der Waals surface area contributed by atoms with Crippen LogP contribution in [0, 0.1) is 0 Å². The first kappa shape index (κ1) is 14.4. The lowest BCUT2D eigenvalue weighted by atomic mass is 10.2. The van der Waals surface area contributed by atoms with Gasteiger partial charge in [0, 0.05) is 31.0 Å². The van der Waals surface area contributed by atoms with E-state index in [0.29, 0.717) is 6.54 Å². The molecular formula is C14H22N2O2. The lowest BCUT2D eigenvalue weighted by Crippen LogP contribution is -2.30. The summed E-state index contributed by atoms with van der Waals surface area (Å²) < 4.78 is 0. The van der Waals surface area contributed by atoms with Crippen LogP contribution in [0.25, 0.3) is 0 Å². The van der Waals surface area contributed by atoms with Crippen molar-refractivity contribution in [3.05, 3.63) is 24.3 Å². The van der Waals surface area contributed by atoms with E-state index in [1.165, 1.54) is 4.90 Å². The van der Waals surface area contributed by atoms with Crippen molar-refractivity contribution < 1.29 is 9.90 Å². The van der Waals surface area contributed by atoms with Gasteiger partial charge in [-0.2, -0.15) is 0 Å². The second-order valence-electron chi connectivity index (χ2n) is 4.13. The zero-order valence-electron chi connectivity index (χ0n) is 11.4. The quantitative estimate of drug-likeness (QED) is 0.841. The molecule has 1 N–H and O–H groups in total. The molecule has 100 valence electrons. The molecule has 0 saturated heterocycles. The Morgan fingerprint density at radius 1 is 1.17 bits per heavy atom. The molecule has 0 unspecified atom stereocenters. The Labute approximate surface area is 109 Å². The Bertz CT molecular complexity index is 389. The minimum Gasteiger partial charge on any atom is -0.465 e. The summed E-state index contributed by atoms with van der Waals surface area (Å²) in [6.07, 6.45) is -0.0875. The van der Waals surface area contributed by atoms with E-state index in [9.17, 15) is 9.90 Å². The van der Waals surface area contributed by atoms with Crippen LogP contribution < -0.4 is 9.80 Å². The topological polar surface area (TPSA) is 43.8 Å². The number of carboxylic acid groups (broad SMARTS) is 1. The van der Waals surface area contributed by atoms with Crippen LogP contribution in [0.1, 0.15) is 27.2 Å². The summed E-state index contributed by atoms with van der Waals surface area (Å²) in [6.45, 7) is 8.52. The second-order valence-corrected chi connectivity index (χ2v) is 4.13. The predicted octanol–water partition coefficient (Wildman–Crippen LogP) is 3.43. The molecule has 1 rings (SSSR count). The molecule has 0 fully saturated rings. The highest BCUT2D eigenvalue weighted by molar-refractivity contribution is 5.86. The van der Waals surface area contributed by atoms with Crippen molar-refractivity contribution in [2.45, 2.75) is 27.2 Å². The minimum atomic E-state index is -0.895. The monoisotopic (exact) mass is 250 g/mol. The average molecular weight is 250 g/mol. The molecule has 1 amide bonds. The fraction of sp³-hybridized carbons (Fsp3) is 0.500. The van der Waals surface area contributed by atoms with E-state index in [1.807, 2.05) is 31.2 Å². The molecule has 0 radical (unpaired) electrons. The molecule has 0 aromatic heterocycles. The Morgan fingerprint density at radius 3 is 2.28 bits per heavy atom. The first-order chi connectivity index (χ1) is 8.63. The summed E-state index contributed by atoms with van der Waals surface area (Å²) in [6, 6.07) is 7.71. The molecule has 4 nitrogen and oxygen atoms in total. The van der Waals surface area contributed by atoms with Crippen LogP contribution in [-0.2, 0) is 0 Å². The number of hydrogen-bond acceptors (Lipinski definition) is 2. The molecule has 0 atom stereocenters. The van der Waals surface area contributed by atoms with Crippen molar-refractivity contribution in [2.75, 3.05) is 29.4 Å². The molecule has 0 saturated carbocycles. The number of carbonyl (C=O) groups is 1. The molecule has 0 bridgehead atoms. The van der Waals surface area contributed by atoms with Gasteiger partial charge in [-0.1, -0.05) is 13.0 Å². The van der Waals surface area contributed by atoms with Crippen molar-refractivity contribution in [1.82, 2.24) is 0 Å². The highest BCUT2D eigenvalue weighted by atomic mass is 16.4. The third kappa shape index (κ3) is 3.39.